The van der Waals surface area contributed by atoms with Gasteiger partial charge < -0.3 is 10.5 Å². The Balaban J connectivity index is 2.19. The highest BCUT2D eigenvalue weighted by Gasteiger charge is 2.04. The summed E-state index contributed by atoms with van der Waals surface area (Å²) in [6.45, 7) is 1.90. The summed E-state index contributed by atoms with van der Waals surface area (Å²) in [6.07, 6.45) is 3.51. The smallest absolute Gasteiger partial charge is 0.123 e. The summed E-state index contributed by atoms with van der Waals surface area (Å²) in [7, 11) is 0. The number of aldehydes is 1. The first-order valence-corrected chi connectivity index (χ1v) is 5.95. The molecule has 1 aromatic carbocycles. The van der Waals surface area contributed by atoms with E-state index < -0.39 is 0 Å². The molecule has 0 aliphatic rings. The number of nitrogen functional groups attached to an aromatic ring is 1. The van der Waals surface area contributed by atoms with Gasteiger partial charge in [-0.3, -0.25) is 4.98 Å². The summed E-state index contributed by atoms with van der Waals surface area (Å²) in [5.41, 5.74) is 9.44. The van der Waals surface area contributed by atoms with Crippen LogP contribution in [-0.4, -0.2) is 11.3 Å². The predicted octanol–water partition coefficient (Wildman–Crippen LogP) is 2.71. The van der Waals surface area contributed by atoms with Crippen LogP contribution < -0.4 is 5.73 Å². The molecule has 0 saturated carbocycles. The van der Waals surface area contributed by atoms with Crippen LogP contribution in [0.3, 0.4) is 0 Å². The van der Waals surface area contributed by atoms with E-state index in [-0.39, 0.29) is 5.92 Å². The number of anilines is 1. The molecule has 1 heterocycles. The topological polar surface area (TPSA) is 56.0 Å². The van der Waals surface area contributed by atoms with Gasteiger partial charge in [-0.25, -0.2) is 0 Å². The summed E-state index contributed by atoms with van der Waals surface area (Å²) in [6, 6.07) is 11.6. The number of carbonyl (C=O) groups is 1. The van der Waals surface area contributed by atoms with Gasteiger partial charge in [-0.15, -0.1) is 0 Å². The number of benzene rings is 1. The molecule has 1 aromatic heterocycles. The van der Waals surface area contributed by atoms with Crippen LogP contribution in [0.1, 0.15) is 12.5 Å². The second-order valence-corrected chi connectivity index (χ2v) is 4.49. The zero-order chi connectivity index (χ0) is 13.0. The molecule has 1 atom stereocenters. The molecule has 3 nitrogen and oxygen atoms in total. The van der Waals surface area contributed by atoms with E-state index in [2.05, 4.69) is 4.98 Å². The van der Waals surface area contributed by atoms with Gasteiger partial charge in [0.05, 0.1) is 5.69 Å². The van der Waals surface area contributed by atoms with Crippen molar-refractivity contribution in [3.63, 3.8) is 0 Å². The number of nitrogens with two attached hydrogens (primary N) is 1. The van der Waals surface area contributed by atoms with Crippen molar-refractivity contribution in [1.29, 1.82) is 0 Å². The van der Waals surface area contributed by atoms with Crippen molar-refractivity contribution in [3.8, 4) is 11.3 Å². The van der Waals surface area contributed by atoms with Gasteiger partial charge in [-0.05, 0) is 30.2 Å². The minimum Gasteiger partial charge on any atom is -0.399 e. The fraction of sp³-hybridized carbons (Fsp3) is 0.200. The lowest BCUT2D eigenvalue weighted by molar-refractivity contribution is -0.110. The van der Waals surface area contributed by atoms with Crippen molar-refractivity contribution >= 4 is 12.0 Å². The molecule has 0 aliphatic carbocycles. The molecule has 92 valence electrons. The van der Waals surface area contributed by atoms with Crippen LogP contribution in [0.5, 0.6) is 0 Å². The van der Waals surface area contributed by atoms with E-state index in [1.54, 1.807) is 0 Å². The van der Waals surface area contributed by atoms with E-state index >= 15 is 0 Å². The first-order chi connectivity index (χ1) is 8.69. The minimum atomic E-state index is 0.0324. The van der Waals surface area contributed by atoms with E-state index in [9.17, 15) is 4.79 Å². The molecule has 0 aliphatic heterocycles. The van der Waals surface area contributed by atoms with Crippen LogP contribution in [0.25, 0.3) is 11.3 Å². The second-order valence-electron chi connectivity index (χ2n) is 4.49. The van der Waals surface area contributed by atoms with Gasteiger partial charge in [-0.1, -0.05) is 25.1 Å². The molecule has 2 N–H and O–H groups in total. The number of hydrogen-bond donors (Lipinski definition) is 1. The van der Waals surface area contributed by atoms with Gasteiger partial charge in [0.1, 0.15) is 6.29 Å². The summed E-state index contributed by atoms with van der Waals surface area (Å²) in [4.78, 5) is 15.0. The average molecular weight is 240 g/mol. The molecule has 2 rings (SSSR count). The first kappa shape index (κ1) is 12.3. The molecule has 3 heteroatoms. The quantitative estimate of drug-likeness (QED) is 0.660. The largest absolute Gasteiger partial charge is 0.399 e. The maximum Gasteiger partial charge on any atom is 0.123 e. The monoisotopic (exact) mass is 240 g/mol. The molecular formula is C15H16N2O. The minimum absolute atomic E-state index is 0.0324. The molecule has 0 radical (unpaired) electrons. The average Bonchev–Trinajstić information content (AvgIpc) is 2.39. The number of nitrogens with zero attached hydrogens (tertiary/aromatic N) is 1. The number of hydrogen-bond acceptors (Lipinski definition) is 3. The predicted molar refractivity (Wildman–Crippen MR) is 73.0 cm³/mol. The van der Waals surface area contributed by atoms with Gasteiger partial charge >= 0.3 is 0 Å². The lowest BCUT2D eigenvalue weighted by atomic mass is 10.0. The van der Waals surface area contributed by atoms with Crippen LogP contribution in [0.15, 0.2) is 42.6 Å². The Labute approximate surface area is 107 Å². The maximum atomic E-state index is 10.6. The molecule has 2 aromatic rings. The third-order valence-electron chi connectivity index (χ3n) is 2.80. The number of carbonyl (C=O) groups excluding carboxylic acids is 1. The fourth-order valence-corrected chi connectivity index (χ4v) is 1.83. The summed E-state index contributed by atoms with van der Waals surface area (Å²) < 4.78 is 0. The molecule has 0 spiro atoms. The van der Waals surface area contributed by atoms with E-state index in [1.807, 2.05) is 49.5 Å². The molecule has 0 amide bonds. The van der Waals surface area contributed by atoms with Gasteiger partial charge in [0.15, 0.2) is 0 Å². The zero-order valence-corrected chi connectivity index (χ0v) is 10.3. The molecular weight excluding hydrogens is 224 g/mol. The maximum absolute atomic E-state index is 10.6. The third-order valence-corrected chi connectivity index (χ3v) is 2.80. The highest BCUT2D eigenvalue weighted by Crippen LogP contribution is 2.19. The van der Waals surface area contributed by atoms with Crippen LogP contribution in [-0.2, 0) is 11.2 Å². The molecule has 18 heavy (non-hydrogen) atoms. The number of pyridine rings is 1. The van der Waals surface area contributed by atoms with Gasteiger partial charge in [0.2, 0.25) is 0 Å². The second kappa shape index (κ2) is 5.45. The lowest BCUT2D eigenvalue weighted by Crippen LogP contribution is -2.01. The van der Waals surface area contributed by atoms with Crippen molar-refractivity contribution in [1.82, 2.24) is 4.98 Å². The number of rotatable bonds is 4. The Morgan fingerprint density at radius 1 is 1.33 bits per heavy atom. The highest BCUT2D eigenvalue weighted by molar-refractivity contribution is 5.64. The molecule has 0 saturated heterocycles. The number of aromatic nitrogens is 1. The Morgan fingerprint density at radius 3 is 2.78 bits per heavy atom. The van der Waals surface area contributed by atoms with Crippen molar-refractivity contribution < 1.29 is 4.79 Å². The molecule has 0 fully saturated rings. The van der Waals surface area contributed by atoms with Crippen LogP contribution in [0, 0.1) is 5.92 Å². The SMILES string of the molecule is C[C@H](C=O)Cc1ccc(-c2cccc(N)c2)nc1. The zero-order valence-electron chi connectivity index (χ0n) is 10.3. The van der Waals surface area contributed by atoms with Gasteiger partial charge in [0, 0.05) is 23.4 Å². The van der Waals surface area contributed by atoms with Gasteiger partial charge in [-0.2, -0.15) is 0 Å². The molecule has 0 bridgehead atoms. The standard InChI is InChI=1S/C15H16N2O/c1-11(10-18)7-12-5-6-15(17-9-12)13-3-2-4-14(16)8-13/h2-6,8-11H,7,16H2,1H3/t11-/m0/s1. The molecule has 0 unspecified atom stereocenters. The Kier molecular flexibility index (Phi) is 3.72. The lowest BCUT2D eigenvalue weighted by Gasteiger charge is -2.05. The van der Waals surface area contributed by atoms with E-state index in [4.69, 9.17) is 5.73 Å². The van der Waals surface area contributed by atoms with Crippen LogP contribution >= 0.6 is 0 Å². The highest BCUT2D eigenvalue weighted by atomic mass is 16.1. The third kappa shape index (κ3) is 2.94. The summed E-state index contributed by atoms with van der Waals surface area (Å²) in [5, 5.41) is 0. The van der Waals surface area contributed by atoms with Crippen molar-refractivity contribution in [2.45, 2.75) is 13.3 Å². The van der Waals surface area contributed by atoms with E-state index in [1.165, 1.54) is 0 Å². The Hall–Kier alpha value is -2.16. The first-order valence-electron chi connectivity index (χ1n) is 5.95. The summed E-state index contributed by atoms with van der Waals surface area (Å²) >= 11 is 0. The van der Waals surface area contributed by atoms with Crippen molar-refractivity contribution in [2.24, 2.45) is 5.92 Å². The Morgan fingerprint density at radius 2 is 2.17 bits per heavy atom. The fourth-order valence-electron chi connectivity index (χ4n) is 1.83. The van der Waals surface area contributed by atoms with Gasteiger partial charge in [0.25, 0.3) is 0 Å². The van der Waals surface area contributed by atoms with Crippen LogP contribution in [0.2, 0.25) is 0 Å². The van der Waals surface area contributed by atoms with Crippen LogP contribution in [0.4, 0.5) is 5.69 Å². The van der Waals surface area contributed by atoms with Crippen molar-refractivity contribution in [3.05, 3.63) is 48.2 Å². The van der Waals surface area contributed by atoms with Crippen molar-refractivity contribution in [2.75, 3.05) is 5.73 Å². The van der Waals surface area contributed by atoms with E-state index in [0.717, 1.165) is 35.2 Å². The van der Waals surface area contributed by atoms with E-state index in [0.29, 0.717) is 0 Å². The normalized spacial score (nSPS) is 12.1. The summed E-state index contributed by atoms with van der Waals surface area (Å²) in [5.74, 6) is 0.0324. The Bertz CT molecular complexity index is 534.